The number of hydrogen-bond acceptors (Lipinski definition) is 2. The Balaban J connectivity index is 0.00000800. The van der Waals surface area contributed by atoms with Gasteiger partial charge in [-0.3, -0.25) is 4.57 Å². The van der Waals surface area contributed by atoms with Gasteiger partial charge in [0.25, 0.3) is 6.33 Å². The predicted octanol–water partition coefficient (Wildman–Crippen LogP) is 16.2. The van der Waals surface area contributed by atoms with Crippen LogP contribution in [0.15, 0.2) is 212 Å². The summed E-state index contributed by atoms with van der Waals surface area (Å²) in [5.41, 5.74) is 4.71. The summed E-state index contributed by atoms with van der Waals surface area (Å²) < 4.78 is 152. The van der Waals surface area contributed by atoms with E-state index in [2.05, 4.69) is 39.2 Å². The van der Waals surface area contributed by atoms with E-state index in [1.165, 1.54) is 6.07 Å². The third kappa shape index (κ3) is 8.44. The summed E-state index contributed by atoms with van der Waals surface area (Å²) in [6.07, 6.45) is 5.12. The van der Waals surface area contributed by atoms with E-state index in [1.807, 2.05) is 71.3 Å². The Kier molecular flexibility index (Phi) is 8.21. The summed E-state index contributed by atoms with van der Waals surface area (Å²) in [5, 5.41) is 1.34. The van der Waals surface area contributed by atoms with E-state index in [9.17, 15) is 0 Å². The molecular weight excluding hydrogens is 1060 g/mol. The molecule has 0 saturated carbocycles. The van der Waals surface area contributed by atoms with E-state index in [4.69, 9.17) is 31.7 Å². The molecule has 0 unspecified atom stereocenters. The maximum Gasteiger partial charge on any atom is 0.268 e. The summed E-state index contributed by atoms with van der Waals surface area (Å²) in [7, 11) is 0. The fourth-order valence-corrected chi connectivity index (χ4v) is 9.24. The minimum Gasteiger partial charge on any atom is -0.510 e. The smallest absolute Gasteiger partial charge is 0.268 e. The molecule has 0 amide bonds. The molecule has 6 heteroatoms. The molecule has 3 heterocycles. The molecule has 9 aromatic carbocycles. The Bertz CT molecular complexity index is 4640. The largest absolute Gasteiger partial charge is 0.510 e. The molecule has 352 valence electrons. The van der Waals surface area contributed by atoms with Gasteiger partial charge in [0.2, 0.25) is 0 Å². The molecule has 0 aliphatic rings. The fourth-order valence-electron chi connectivity index (χ4n) is 9.24. The molecule has 0 spiro atoms. The average Bonchev–Trinajstić information content (AvgIpc) is 1.48. The molecule has 0 bridgehead atoms. The van der Waals surface area contributed by atoms with Crippen molar-refractivity contribution >= 4 is 32.8 Å². The molecule has 12 rings (SSSR count). The number of ether oxygens (including phenoxy) is 1. The van der Waals surface area contributed by atoms with Crippen molar-refractivity contribution in [2.24, 2.45) is 0 Å². The van der Waals surface area contributed by atoms with Gasteiger partial charge in [0.05, 0.1) is 30.4 Å². The quantitative estimate of drug-likeness (QED) is 0.107. The number of para-hydroxylation sites is 3. The van der Waals surface area contributed by atoms with Gasteiger partial charge < -0.3 is 13.9 Å². The molecule has 0 aliphatic carbocycles. The summed E-state index contributed by atoms with van der Waals surface area (Å²) >= 11 is 0. The number of aromatic nitrogens is 4. The first kappa shape index (κ1) is 31.3. The van der Waals surface area contributed by atoms with Crippen LogP contribution in [0.4, 0.5) is 0 Å². The van der Waals surface area contributed by atoms with Crippen LogP contribution in [0, 0.1) is 32.2 Å². The van der Waals surface area contributed by atoms with Crippen LogP contribution in [-0.4, -0.2) is 14.1 Å². The molecule has 12 aromatic rings. The topological polar surface area (TPSA) is 35.9 Å². The van der Waals surface area contributed by atoms with Crippen LogP contribution in [0.1, 0.15) is 59.4 Å². The standard InChI is InChI=1S/C66H50N4O.Pt/c1-44-37-50(46-19-9-6-10-20-46)38-45(2)64(44)49-31-34-59-58(39-49)57-33-32-54(42-62(57)70(59)63-40-51(35-36-67-63)66(3,4)5)71-53-26-17-25-52(41-53)68-43-69(61-30-16-15-29-60(61)68)65-55(47-21-11-7-12-22-47)27-18-28-56(65)48-23-13-8-14-24-48;/h6-40H,1-5H3;/q-2;/i1D3,2D3,7D,8D,11D,12D,13D,14D,21D,22D,23D,24D;. The van der Waals surface area contributed by atoms with Gasteiger partial charge in [-0.15, -0.1) is 29.7 Å². The number of nitrogens with zero attached hydrogens (tertiary/aromatic N) is 4. The van der Waals surface area contributed by atoms with Crippen LogP contribution in [0.3, 0.4) is 0 Å². The minimum atomic E-state index is -2.70. The van der Waals surface area contributed by atoms with Gasteiger partial charge >= 0.3 is 0 Å². The number of benzene rings is 9. The van der Waals surface area contributed by atoms with Gasteiger partial charge in [-0.2, -0.15) is 18.2 Å². The number of fused-ring (bicyclic) bond motifs is 4. The summed E-state index contributed by atoms with van der Waals surface area (Å²) in [5.74, 6) is 1.07. The van der Waals surface area contributed by atoms with Crippen molar-refractivity contribution in [1.29, 1.82) is 0 Å². The molecule has 3 aromatic heterocycles. The van der Waals surface area contributed by atoms with Crippen molar-refractivity contribution in [2.75, 3.05) is 0 Å². The third-order valence-electron chi connectivity index (χ3n) is 12.6. The first-order valence-electron chi connectivity index (χ1n) is 30.9. The second-order valence-corrected chi connectivity index (χ2v) is 18.1. The summed E-state index contributed by atoms with van der Waals surface area (Å²) in [4.78, 5) is 4.85. The number of aryl methyl sites for hydroxylation is 2. The molecule has 0 atom stereocenters. The first-order chi connectivity index (χ1) is 41.2. The second-order valence-electron chi connectivity index (χ2n) is 18.1. The van der Waals surface area contributed by atoms with Crippen molar-refractivity contribution in [3.05, 3.63) is 247 Å². The Morgan fingerprint density at radius 1 is 0.583 bits per heavy atom. The number of pyridine rings is 1. The molecule has 0 saturated heterocycles. The van der Waals surface area contributed by atoms with E-state index in [0.29, 0.717) is 61.0 Å². The van der Waals surface area contributed by atoms with Crippen LogP contribution < -0.4 is 9.30 Å². The van der Waals surface area contributed by atoms with Gasteiger partial charge in [-0.1, -0.05) is 184 Å². The summed E-state index contributed by atoms with van der Waals surface area (Å²) in [6.45, 7) is 0.888. The SMILES string of the molecule is [2H]c1c([2H])c([2H])c(-c2cccc(-c3c([2H])c([2H])c([2H])c([2H])c3[2H])c2-[n+]2[c-]n(-c3[c-]c(Oc4[c-]c5c(cc4)c4cc(-c6c(C([2H])([2H])[2H])cc(-c7ccccc7)cc6C([2H])([2H])[2H])ccc4n5-c4cc(C(C)(C)C)ccn4)ccc3)c3ccccc32)c([2H])c1[2H].[Pt]. The second kappa shape index (κ2) is 18.9. The molecule has 72 heavy (non-hydrogen) atoms. The van der Waals surface area contributed by atoms with Crippen molar-refractivity contribution in [2.45, 2.75) is 39.9 Å². The Morgan fingerprint density at radius 3 is 1.97 bits per heavy atom. The van der Waals surface area contributed by atoms with Gasteiger partial charge in [0.1, 0.15) is 5.82 Å². The van der Waals surface area contributed by atoms with Crippen LogP contribution in [0.5, 0.6) is 11.5 Å². The monoisotopic (exact) mass is 1130 g/mol. The fraction of sp³-hybridized carbons (Fsp3) is 0.0909. The minimum absolute atomic E-state index is 0. The maximum absolute atomic E-state index is 9.07. The zero-order valence-electron chi connectivity index (χ0n) is 54.9. The van der Waals surface area contributed by atoms with E-state index in [0.717, 1.165) is 5.56 Å². The number of imidazole rings is 1. The first-order valence-corrected chi connectivity index (χ1v) is 22.9. The van der Waals surface area contributed by atoms with Gasteiger partial charge in [-0.25, -0.2) is 4.98 Å². The third-order valence-corrected chi connectivity index (χ3v) is 12.6. The summed E-state index contributed by atoms with van der Waals surface area (Å²) in [6, 6.07) is 43.3. The van der Waals surface area contributed by atoms with E-state index in [1.54, 1.807) is 88.1 Å². The molecule has 0 fully saturated rings. The molecular formula is C66H50N4OPt-2. The molecule has 0 N–H and O–H groups in total. The Labute approximate surface area is 458 Å². The zero-order valence-corrected chi connectivity index (χ0v) is 41.2. The van der Waals surface area contributed by atoms with Crippen LogP contribution >= 0.6 is 0 Å². The van der Waals surface area contributed by atoms with E-state index < -0.39 is 74.1 Å². The van der Waals surface area contributed by atoms with Gasteiger partial charge in [-0.05, 0) is 110 Å². The normalized spacial score (nSPS) is 15.1. The van der Waals surface area contributed by atoms with Crippen LogP contribution in [-0.2, 0) is 26.5 Å². The van der Waals surface area contributed by atoms with Gasteiger partial charge in [0.15, 0.2) is 0 Å². The van der Waals surface area contributed by atoms with Crippen molar-refractivity contribution in [1.82, 2.24) is 14.1 Å². The van der Waals surface area contributed by atoms with E-state index in [-0.39, 0.29) is 82.6 Å². The van der Waals surface area contributed by atoms with Gasteiger partial charge in [0, 0.05) is 52.5 Å². The number of rotatable bonds is 9. The molecule has 0 radical (unpaired) electrons. The van der Waals surface area contributed by atoms with E-state index >= 15 is 0 Å². The Morgan fingerprint density at radius 2 is 1.26 bits per heavy atom. The van der Waals surface area contributed by atoms with Crippen molar-refractivity contribution < 1.29 is 52.3 Å². The van der Waals surface area contributed by atoms with Crippen molar-refractivity contribution in [3.63, 3.8) is 0 Å². The van der Waals surface area contributed by atoms with Crippen molar-refractivity contribution in [3.8, 4) is 73.2 Å². The Hall–Kier alpha value is -8.11. The van der Waals surface area contributed by atoms with Crippen LogP contribution in [0.2, 0.25) is 0 Å². The average molecular weight is 1130 g/mol. The molecule has 0 aliphatic heterocycles. The predicted molar refractivity (Wildman–Crippen MR) is 290 cm³/mol. The zero-order chi connectivity index (χ0) is 61.9. The number of hydrogen-bond donors (Lipinski definition) is 0. The van der Waals surface area contributed by atoms with Crippen LogP contribution in [0.25, 0.3) is 94.5 Å². The molecule has 5 nitrogen and oxygen atoms in total. The maximum atomic E-state index is 9.07.